The number of hydrogen-bond acceptors (Lipinski definition) is 2. The summed E-state index contributed by atoms with van der Waals surface area (Å²) >= 11 is 0. The number of halogens is 3. The molecule has 0 bridgehead atoms. The van der Waals surface area contributed by atoms with Crippen molar-refractivity contribution in [1.29, 1.82) is 5.26 Å². The Morgan fingerprint density at radius 3 is 2.58 bits per heavy atom. The predicted molar refractivity (Wildman–Crippen MR) is 83.1 cm³/mol. The summed E-state index contributed by atoms with van der Waals surface area (Å²) < 4.78 is 38.0. The van der Waals surface area contributed by atoms with E-state index in [1.165, 1.54) is 24.1 Å². The van der Waals surface area contributed by atoms with E-state index in [1.807, 2.05) is 6.07 Å². The van der Waals surface area contributed by atoms with Crippen LogP contribution in [0.1, 0.15) is 16.7 Å². The molecule has 4 nitrogen and oxygen atoms in total. The summed E-state index contributed by atoms with van der Waals surface area (Å²) in [6.07, 6.45) is -4.47. The zero-order valence-electron chi connectivity index (χ0n) is 12.8. The van der Waals surface area contributed by atoms with E-state index in [9.17, 15) is 18.0 Å². The highest BCUT2D eigenvalue weighted by Gasteiger charge is 2.30. The number of carbonyl (C=O) groups excluding carboxylic acids is 1. The van der Waals surface area contributed by atoms with Gasteiger partial charge in [-0.2, -0.15) is 18.4 Å². The van der Waals surface area contributed by atoms with Crippen molar-refractivity contribution in [2.75, 3.05) is 12.4 Å². The molecule has 24 heavy (non-hydrogen) atoms. The summed E-state index contributed by atoms with van der Waals surface area (Å²) in [6, 6.07) is 12.6. The van der Waals surface area contributed by atoms with Crippen molar-refractivity contribution in [2.24, 2.45) is 0 Å². The molecule has 0 aromatic heterocycles. The lowest BCUT2D eigenvalue weighted by Gasteiger charge is -2.18. The highest BCUT2D eigenvalue weighted by Crippen LogP contribution is 2.30. The Hall–Kier alpha value is -3.01. The number of amides is 2. The monoisotopic (exact) mass is 333 g/mol. The van der Waals surface area contributed by atoms with Crippen LogP contribution in [0.2, 0.25) is 0 Å². The molecule has 2 aromatic rings. The van der Waals surface area contributed by atoms with Crippen molar-refractivity contribution in [3.8, 4) is 6.07 Å². The number of alkyl halides is 3. The fourth-order valence-electron chi connectivity index (χ4n) is 2.08. The standard InChI is InChI=1S/C17H14F3N3O/c1-23(11-13-5-2-4-12(8-13)10-21)16(24)22-15-7-3-6-14(9-15)17(18,19)20/h2-9H,11H2,1H3,(H,22,24). The number of carbonyl (C=O) groups is 1. The minimum absolute atomic E-state index is 0.0625. The third-order valence-corrected chi connectivity index (χ3v) is 3.26. The number of hydrogen-bond donors (Lipinski definition) is 1. The number of rotatable bonds is 3. The number of anilines is 1. The Bertz CT molecular complexity index is 781. The third-order valence-electron chi connectivity index (χ3n) is 3.26. The van der Waals surface area contributed by atoms with Crippen LogP contribution in [0.5, 0.6) is 0 Å². The second-order valence-corrected chi connectivity index (χ2v) is 5.18. The smallest absolute Gasteiger partial charge is 0.323 e. The van der Waals surface area contributed by atoms with Crippen LogP contribution >= 0.6 is 0 Å². The molecule has 0 fully saturated rings. The molecule has 124 valence electrons. The zero-order chi connectivity index (χ0) is 17.7. The van der Waals surface area contributed by atoms with Crippen LogP contribution in [0.3, 0.4) is 0 Å². The van der Waals surface area contributed by atoms with Crippen molar-refractivity contribution < 1.29 is 18.0 Å². The van der Waals surface area contributed by atoms with Gasteiger partial charge in [0, 0.05) is 19.3 Å². The molecule has 1 N–H and O–H groups in total. The van der Waals surface area contributed by atoms with E-state index in [4.69, 9.17) is 5.26 Å². The first-order chi connectivity index (χ1) is 11.3. The maximum Gasteiger partial charge on any atom is 0.416 e. The molecule has 0 heterocycles. The first kappa shape index (κ1) is 17.3. The maximum atomic E-state index is 12.7. The fourth-order valence-corrected chi connectivity index (χ4v) is 2.08. The summed E-state index contributed by atoms with van der Waals surface area (Å²) in [5.41, 5.74) is 0.451. The highest BCUT2D eigenvalue weighted by atomic mass is 19.4. The van der Waals surface area contributed by atoms with E-state index >= 15 is 0 Å². The van der Waals surface area contributed by atoms with E-state index < -0.39 is 17.8 Å². The minimum Gasteiger partial charge on any atom is -0.323 e. The molecule has 7 heteroatoms. The molecule has 0 aliphatic carbocycles. The van der Waals surface area contributed by atoms with Crippen LogP contribution < -0.4 is 5.32 Å². The summed E-state index contributed by atoms with van der Waals surface area (Å²) in [5, 5.41) is 11.3. The topological polar surface area (TPSA) is 56.1 Å². The number of urea groups is 1. The Morgan fingerprint density at radius 2 is 1.92 bits per heavy atom. The van der Waals surface area contributed by atoms with Crippen molar-refractivity contribution in [1.82, 2.24) is 4.90 Å². The van der Waals surface area contributed by atoms with Gasteiger partial charge in [-0.3, -0.25) is 0 Å². The third kappa shape index (κ3) is 4.49. The molecule has 0 radical (unpaired) electrons. The van der Waals surface area contributed by atoms with Crippen LogP contribution in [-0.2, 0) is 12.7 Å². The summed E-state index contributed by atoms with van der Waals surface area (Å²) in [5.74, 6) is 0. The quantitative estimate of drug-likeness (QED) is 0.913. The van der Waals surface area contributed by atoms with Gasteiger partial charge < -0.3 is 10.2 Å². The molecule has 0 saturated carbocycles. The normalized spacial score (nSPS) is 10.8. The highest BCUT2D eigenvalue weighted by molar-refractivity contribution is 5.89. The Balaban J connectivity index is 2.05. The van der Waals surface area contributed by atoms with Crippen molar-refractivity contribution in [3.63, 3.8) is 0 Å². The van der Waals surface area contributed by atoms with Gasteiger partial charge in [0.1, 0.15) is 0 Å². The first-order valence-electron chi connectivity index (χ1n) is 6.98. The molecule has 0 spiro atoms. The SMILES string of the molecule is CN(Cc1cccc(C#N)c1)C(=O)Nc1cccc(C(F)(F)F)c1. The average molecular weight is 333 g/mol. The molecule has 0 aliphatic heterocycles. The van der Waals surface area contributed by atoms with Gasteiger partial charge in [-0.25, -0.2) is 4.79 Å². The van der Waals surface area contributed by atoms with E-state index in [2.05, 4.69) is 5.32 Å². The Kier molecular flexibility index (Phi) is 5.09. The lowest BCUT2D eigenvalue weighted by molar-refractivity contribution is -0.137. The van der Waals surface area contributed by atoms with E-state index in [0.29, 0.717) is 5.56 Å². The zero-order valence-corrected chi connectivity index (χ0v) is 12.8. The van der Waals surface area contributed by atoms with E-state index in [-0.39, 0.29) is 12.2 Å². The van der Waals surface area contributed by atoms with Gasteiger partial charge >= 0.3 is 12.2 Å². The molecule has 2 rings (SSSR count). The second kappa shape index (κ2) is 7.04. The van der Waals surface area contributed by atoms with Crippen LogP contribution in [0.4, 0.5) is 23.7 Å². The molecule has 2 amide bonds. The van der Waals surface area contributed by atoms with E-state index in [0.717, 1.165) is 17.7 Å². The lowest BCUT2D eigenvalue weighted by atomic mass is 10.1. The van der Waals surface area contributed by atoms with Crippen LogP contribution in [0, 0.1) is 11.3 Å². The number of nitrogens with one attached hydrogen (secondary N) is 1. The molecular formula is C17H14F3N3O. The van der Waals surface area contributed by atoms with Gasteiger partial charge in [-0.1, -0.05) is 18.2 Å². The number of benzene rings is 2. The number of nitriles is 1. The molecule has 0 unspecified atom stereocenters. The van der Waals surface area contributed by atoms with Gasteiger partial charge in [0.05, 0.1) is 17.2 Å². The number of nitrogens with zero attached hydrogens (tertiary/aromatic N) is 2. The van der Waals surface area contributed by atoms with Crippen LogP contribution in [0.15, 0.2) is 48.5 Å². The Morgan fingerprint density at radius 1 is 1.21 bits per heavy atom. The van der Waals surface area contributed by atoms with Gasteiger partial charge in [0.2, 0.25) is 0 Å². The summed E-state index contributed by atoms with van der Waals surface area (Å²) in [7, 11) is 1.52. The lowest BCUT2D eigenvalue weighted by Crippen LogP contribution is -2.30. The second-order valence-electron chi connectivity index (χ2n) is 5.18. The largest absolute Gasteiger partial charge is 0.416 e. The van der Waals surface area contributed by atoms with Crippen LogP contribution in [0.25, 0.3) is 0 Å². The summed E-state index contributed by atoms with van der Waals surface area (Å²) in [4.78, 5) is 13.4. The van der Waals surface area contributed by atoms with Crippen molar-refractivity contribution >= 4 is 11.7 Å². The van der Waals surface area contributed by atoms with Gasteiger partial charge in [0.15, 0.2) is 0 Å². The molecule has 0 atom stereocenters. The predicted octanol–water partition coefficient (Wildman–Crippen LogP) is 4.24. The van der Waals surface area contributed by atoms with E-state index in [1.54, 1.807) is 24.3 Å². The maximum absolute atomic E-state index is 12.7. The molecule has 2 aromatic carbocycles. The van der Waals surface area contributed by atoms with Gasteiger partial charge in [-0.05, 0) is 35.9 Å². The first-order valence-corrected chi connectivity index (χ1v) is 6.98. The average Bonchev–Trinajstić information content (AvgIpc) is 2.54. The fraction of sp³-hybridized carbons (Fsp3) is 0.176. The summed E-state index contributed by atoms with van der Waals surface area (Å²) in [6.45, 7) is 0.223. The van der Waals surface area contributed by atoms with Crippen molar-refractivity contribution in [2.45, 2.75) is 12.7 Å². The van der Waals surface area contributed by atoms with Gasteiger partial charge in [0.25, 0.3) is 0 Å². The molecule has 0 saturated heterocycles. The van der Waals surface area contributed by atoms with Crippen molar-refractivity contribution in [3.05, 3.63) is 65.2 Å². The van der Waals surface area contributed by atoms with Gasteiger partial charge in [-0.15, -0.1) is 0 Å². The van der Waals surface area contributed by atoms with Crippen LogP contribution in [-0.4, -0.2) is 18.0 Å². The Labute approximate surface area is 137 Å². The molecular weight excluding hydrogens is 319 g/mol. The molecule has 0 aliphatic rings. The minimum atomic E-state index is -4.47.